The molecule has 9 nitrogen and oxygen atoms in total. The molecule has 1 heterocycles. The summed E-state index contributed by atoms with van der Waals surface area (Å²) in [5.41, 5.74) is 15.8. The lowest BCUT2D eigenvalue weighted by Crippen LogP contribution is -2.27. The predicted octanol–water partition coefficient (Wildman–Crippen LogP) is -1.95. The van der Waals surface area contributed by atoms with E-state index in [9.17, 15) is 0 Å². The van der Waals surface area contributed by atoms with Gasteiger partial charge in [0.15, 0.2) is 6.19 Å². The van der Waals surface area contributed by atoms with Gasteiger partial charge in [0.25, 0.3) is 5.95 Å². The van der Waals surface area contributed by atoms with Gasteiger partial charge in [-0.15, -0.1) is 0 Å². The maximum atomic E-state index is 8.20. The molecule has 0 unspecified atom stereocenters. The van der Waals surface area contributed by atoms with Crippen molar-refractivity contribution in [2.24, 2.45) is 10.7 Å². The van der Waals surface area contributed by atoms with E-state index >= 15 is 0 Å². The van der Waals surface area contributed by atoms with Crippen LogP contribution < -0.4 is 22.5 Å². The van der Waals surface area contributed by atoms with Crippen LogP contribution in [0.4, 0.5) is 17.8 Å². The number of hydrogen-bond acceptors (Lipinski definition) is 7. The van der Waals surface area contributed by atoms with Crippen LogP contribution in [0.1, 0.15) is 0 Å². The summed E-state index contributed by atoms with van der Waals surface area (Å²) in [7, 11) is 0. The minimum atomic E-state index is -0.155. The normalized spacial score (nSPS) is 10.6. The zero-order chi connectivity index (χ0) is 10.6. The number of aliphatic imine (C=N–C) groups is 1. The third-order valence-corrected chi connectivity index (χ3v) is 1.06. The molecule has 7 N–H and O–H groups in total. The molecule has 0 aliphatic rings. The molecule has 0 fully saturated rings. The number of nitriles is 1. The second kappa shape index (κ2) is 3.85. The Hall–Kier alpha value is -2.63. The number of anilines is 2. The second-order valence-corrected chi connectivity index (χ2v) is 2.09. The molecule has 0 saturated heterocycles. The third kappa shape index (κ3) is 2.45. The number of guanidine groups is 1. The third-order valence-electron chi connectivity index (χ3n) is 1.06. The van der Waals surface area contributed by atoms with E-state index in [0.29, 0.717) is 0 Å². The summed E-state index contributed by atoms with van der Waals surface area (Å²) in [6, 6.07) is 0. The van der Waals surface area contributed by atoms with Crippen LogP contribution in [0, 0.1) is 11.5 Å². The van der Waals surface area contributed by atoms with Crippen molar-refractivity contribution >= 4 is 23.8 Å². The first kappa shape index (κ1) is 9.46. The molecule has 9 heteroatoms. The summed E-state index contributed by atoms with van der Waals surface area (Å²) in [6.45, 7) is 0. The van der Waals surface area contributed by atoms with Gasteiger partial charge in [0, 0.05) is 0 Å². The van der Waals surface area contributed by atoms with Gasteiger partial charge in [-0.1, -0.05) is 0 Å². The lowest BCUT2D eigenvalue weighted by atomic mass is 10.8. The molecule has 0 bridgehead atoms. The van der Waals surface area contributed by atoms with Gasteiger partial charge in [-0.05, 0) is 0 Å². The number of nitrogens with one attached hydrogen (secondary N) is 1. The molecule has 0 aliphatic carbocycles. The Morgan fingerprint density at radius 1 is 1.29 bits per heavy atom. The number of hydrogen-bond donors (Lipinski definition) is 4. The highest BCUT2D eigenvalue weighted by molar-refractivity contribution is 5.81. The van der Waals surface area contributed by atoms with Crippen LogP contribution >= 0.6 is 0 Å². The van der Waals surface area contributed by atoms with Gasteiger partial charge < -0.3 is 17.2 Å². The first-order valence-corrected chi connectivity index (χ1v) is 3.38. The molecule has 0 amide bonds. The summed E-state index contributed by atoms with van der Waals surface area (Å²) in [6.07, 6.45) is 1.58. The standard InChI is InChI=1S/C5H7N9/c6-1-10-2(7)12-5-13-3(8)11-4(9)14-5/h(H7,7,8,9,10,11,12,13,14). The van der Waals surface area contributed by atoms with Crippen LogP contribution in [0.2, 0.25) is 0 Å². The zero-order valence-corrected chi connectivity index (χ0v) is 6.97. The molecule has 0 radical (unpaired) electrons. The van der Waals surface area contributed by atoms with Crippen molar-refractivity contribution in [2.75, 3.05) is 11.5 Å². The number of nitrogens with two attached hydrogens (primary N) is 3. The fourth-order valence-electron chi connectivity index (χ4n) is 0.640. The van der Waals surface area contributed by atoms with E-state index in [1.165, 1.54) is 0 Å². The van der Waals surface area contributed by atoms with Crippen molar-refractivity contribution in [1.82, 2.24) is 20.3 Å². The molecule has 1 rings (SSSR count). The van der Waals surface area contributed by atoms with E-state index in [-0.39, 0.29) is 23.8 Å². The number of rotatable bonds is 1. The van der Waals surface area contributed by atoms with E-state index in [4.69, 9.17) is 22.5 Å². The maximum Gasteiger partial charge on any atom is 0.259 e. The smallest absolute Gasteiger partial charge is 0.259 e. The fraction of sp³-hybridized carbons (Fsp3) is 0. The molecule has 14 heavy (non-hydrogen) atoms. The van der Waals surface area contributed by atoms with Crippen LogP contribution in [0.5, 0.6) is 0 Å². The van der Waals surface area contributed by atoms with Crippen molar-refractivity contribution in [1.29, 1.82) is 5.26 Å². The average Bonchev–Trinajstić information content (AvgIpc) is 2.01. The predicted molar refractivity (Wildman–Crippen MR) is 48.7 cm³/mol. The Balaban J connectivity index is 2.97. The van der Waals surface area contributed by atoms with E-state index in [0.717, 1.165) is 0 Å². The van der Waals surface area contributed by atoms with Gasteiger partial charge >= 0.3 is 0 Å². The molecule has 72 valence electrons. The molecule has 0 atom stereocenters. The first-order chi connectivity index (χ1) is 6.61. The SMILES string of the molecule is N#CNC(N)=Nc1nc(N)nc(N)n1. The van der Waals surface area contributed by atoms with Gasteiger partial charge in [0.05, 0.1) is 0 Å². The van der Waals surface area contributed by atoms with Gasteiger partial charge in [-0.2, -0.15) is 25.2 Å². The highest BCUT2D eigenvalue weighted by Gasteiger charge is 2.00. The Morgan fingerprint density at radius 3 is 2.36 bits per heavy atom. The van der Waals surface area contributed by atoms with Crippen molar-refractivity contribution < 1.29 is 0 Å². The largest absolute Gasteiger partial charge is 0.369 e. The summed E-state index contributed by atoms with van der Waals surface area (Å²) in [5, 5.41) is 10.3. The topological polar surface area (TPSA) is 165 Å². The fourth-order valence-corrected chi connectivity index (χ4v) is 0.640. The van der Waals surface area contributed by atoms with Crippen molar-refractivity contribution in [3.63, 3.8) is 0 Å². The van der Waals surface area contributed by atoms with Crippen molar-refractivity contribution in [3.8, 4) is 6.19 Å². The second-order valence-electron chi connectivity index (χ2n) is 2.09. The van der Waals surface area contributed by atoms with Gasteiger partial charge in [0.1, 0.15) is 0 Å². The maximum absolute atomic E-state index is 8.20. The Morgan fingerprint density at radius 2 is 1.86 bits per heavy atom. The van der Waals surface area contributed by atoms with E-state index < -0.39 is 0 Å². The summed E-state index contributed by atoms with van der Waals surface area (Å²) in [4.78, 5) is 14.4. The quantitative estimate of drug-likeness (QED) is 0.173. The van der Waals surface area contributed by atoms with Crippen LogP contribution in [0.3, 0.4) is 0 Å². The summed E-state index contributed by atoms with van der Waals surface area (Å²) < 4.78 is 0. The monoisotopic (exact) mass is 193 g/mol. The molecular formula is C5H7N9. The van der Waals surface area contributed by atoms with Gasteiger partial charge in [-0.3, -0.25) is 5.32 Å². The summed E-state index contributed by atoms with van der Waals surface area (Å²) in [5.74, 6) is -0.352. The van der Waals surface area contributed by atoms with E-state index in [1.807, 2.05) is 0 Å². The van der Waals surface area contributed by atoms with E-state index in [2.05, 4.69) is 25.3 Å². The Bertz CT molecular complexity index is 382. The first-order valence-electron chi connectivity index (χ1n) is 3.38. The van der Waals surface area contributed by atoms with Crippen LogP contribution in [-0.4, -0.2) is 20.9 Å². The molecule has 0 aromatic carbocycles. The van der Waals surface area contributed by atoms with E-state index in [1.54, 1.807) is 6.19 Å². The van der Waals surface area contributed by atoms with Crippen LogP contribution in [0.25, 0.3) is 0 Å². The van der Waals surface area contributed by atoms with Crippen molar-refractivity contribution in [3.05, 3.63) is 0 Å². The highest BCUT2D eigenvalue weighted by atomic mass is 15.2. The highest BCUT2D eigenvalue weighted by Crippen LogP contribution is 2.06. The molecule has 0 saturated carbocycles. The number of nitrogens with zero attached hydrogens (tertiary/aromatic N) is 5. The number of aromatic nitrogens is 3. The molecular weight excluding hydrogens is 186 g/mol. The van der Waals surface area contributed by atoms with Crippen LogP contribution in [0.15, 0.2) is 4.99 Å². The lowest BCUT2D eigenvalue weighted by Gasteiger charge is -1.97. The molecule has 0 spiro atoms. The Labute approximate surface area is 78.7 Å². The van der Waals surface area contributed by atoms with Gasteiger partial charge in [-0.25, -0.2) is 0 Å². The average molecular weight is 193 g/mol. The molecule has 0 aliphatic heterocycles. The number of nitrogen functional groups attached to an aromatic ring is 2. The minimum Gasteiger partial charge on any atom is -0.369 e. The van der Waals surface area contributed by atoms with Crippen molar-refractivity contribution in [2.45, 2.75) is 0 Å². The lowest BCUT2D eigenvalue weighted by molar-refractivity contribution is 1.05. The summed E-state index contributed by atoms with van der Waals surface area (Å²) >= 11 is 0. The van der Waals surface area contributed by atoms with Gasteiger partial charge in [0.2, 0.25) is 17.9 Å². The zero-order valence-electron chi connectivity index (χ0n) is 6.97. The Kier molecular flexibility index (Phi) is 2.60. The molecule has 1 aromatic heterocycles. The molecule has 1 aromatic rings. The minimum absolute atomic E-state index is 0.0600. The van der Waals surface area contributed by atoms with Crippen LogP contribution in [-0.2, 0) is 0 Å².